The number of likely N-dealkylation sites (tertiary alicyclic amines) is 1. The van der Waals surface area contributed by atoms with Crippen LogP contribution in [0.4, 0.5) is 5.82 Å². The molecule has 5 nitrogen and oxygen atoms in total. The van der Waals surface area contributed by atoms with Gasteiger partial charge in [-0.05, 0) is 31.4 Å². The maximum Gasteiger partial charge on any atom is 0.274 e. The number of amides is 1. The van der Waals surface area contributed by atoms with Crippen LogP contribution in [-0.4, -0.2) is 33.6 Å². The van der Waals surface area contributed by atoms with Crippen molar-refractivity contribution in [3.63, 3.8) is 0 Å². The Balaban J connectivity index is 2.15. The van der Waals surface area contributed by atoms with Crippen LogP contribution in [0.15, 0.2) is 12.1 Å². The Morgan fingerprint density at radius 1 is 1.56 bits per heavy atom. The first-order chi connectivity index (χ1) is 7.72. The van der Waals surface area contributed by atoms with Crippen LogP contribution >= 0.6 is 0 Å². The fourth-order valence-corrected chi connectivity index (χ4v) is 2.13. The van der Waals surface area contributed by atoms with E-state index in [9.17, 15) is 4.79 Å². The summed E-state index contributed by atoms with van der Waals surface area (Å²) in [6.07, 6.45) is 3.16. The fourth-order valence-electron chi connectivity index (χ4n) is 2.13. The zero-order valence-corrected chi connectivity index (χ0v) is 9.39. The first-order valence-electron chi connectivity index (χ1n) is 5.62. The molecule has 0 saturated carbocycles. The summed E-state index contributed by atoms with van der Waals surface area (Å²) in [7, 11) is 0. The number of carbonyl (C=O) groups excluding carboxylic acids is 1. The summed E-state index contributed by atoms with van der Waals surface area (Å²) >= 11 is 0. The minimum Gasteiger partial charge on any atom is -0.382 e. The highest BCUT2D eigenvalue weighted by Crippen LogP contribution is 2.21. The Kier molecular flexibility index (Phi) is 3.03. The van der Waals surface area contributed by atoms with Crippen molar-refractivity contribution in [1.29, 1.82) is 0 Å². The first kappa shape index (κ1) is 10.9. The molecule has 2 heterocycles. The van der Waals surface area contributed by atoms with E-state index in [1.165, 1.54) is 0 Å². The van der Waals surface area contributed by atoms with Gasteiger partial charge in [-0.1, -0.05) is 6.92 Å². The third-order valence-corrected chi connectivity index (χ3v) is 3.01. The third kappa shape index (κ3) is 1.98. The molecule has 1 aromatic rings. The smallest absolute Gasteiger partial charge is 0.274 e. The average Bonchev–Trinajstić information content (AvgIpc) is 2.77. The zero-order valence-electron chi connectivity index (χ0n) is 9.39. The van der Waals surface area contributed by atoms with Gasteiger partial charge in [0.25, 0.3) is 5.91 Å². The molecule has 2 N–H and O–H groups in total. The summed E-state index contributed by atoms with van der Waals surface area (Å²) < 4.78 is 0. The minimum atomic E-state index is -0.0307. The van der Waals surface area contributed by atoms with Crippen LogP contribution in [0, 0.1) is 0 Å². The third-order valence-electron chi connectivity index (χ3n) is 3.01. The van der Waals surface area contributed by atoms with E-state index in [4.69, 9.17) is 5.73 Å². The number of rotatable bonds is 2. The van der Waals surface area contributed by atoms with Crippen LogP contribution in [-0.2, 0) is 0 Å². The summed E-state index contributed by atoms with van der Waals surface area (Å²) in [6, 6.07) is 3.60. The van der Waals surface area contributed by atoms with Gasteiger partial charge in [0.1, 0.15) is 5.82 Å². The SMILES string of the molecule is CCC1CCCN1C(=O)c1ccc(N)nn1. The van der Waals surface area contributed by atoms with Gasteiger partial charge in [-0.25, -0.2) is 0 Å². The maximum atomic E-state index is 12.1. The van der Waals surface area contributed by atoms with E-state index in [0.717, 1.165) is 25.8 Å². The number of hydrogen-bond donors (Lipinski definition) is 1. The topological polar surface area (TPSA) is 72.1 Å². The monoisotopic (exact) mass is 220 g/mol. The summed E-state index contributed by atoms with van der Waals surface area (Å²) in [5.41, 5.74) is 5.82. The van der Waals surface area contributed by atoms with E-state index in [0.29, 0.717) is 17.6 Å². The van der Waals surface area contributed by atoms with Gasteiger partial charge < -0.3 is 10.6 Å². The highest BCUT2D eigenvalue weighted by molar-refractivity contribution is 5.92. The van der Waals surface area contributed by atoms with Crippen molar-refractivity contribution >= 4 is 11.7 Å². The van der Waals surface area contributed by atoms with Gasteiger partial charge in [0, 0.05) is 12.6 Å². The number of nitrogen functional groups attached to an aromatic ring is 1. The standard InChI is InChI=1S/C11H16N4O/c1-2-8-4-3-7-15(8)11(16)9-5-6-10(12)14-13-9/h5-6,8H,2-4,7H2,1H3,(H2,12,14). The molecule has 86 valence electrons. The molecule has 1 amide bonds. The molecule has 1 saturated heterocycles. The number of nitrogens with two attached hydrogens (primary N) is 1. The van der Waals surface area contributed by atoms with Crippen LogP contribution in [0.2, 0.25) is 0 Å². The van der Waals surface area contributed by atoms with Crippen molar-refractivity contribution in [2.45, 2.75) is 32.2 Å². The Labute approximate surface area is 94.6 Å². The van der Waals surface area contributed by atoms with E-state index in [1.807, 2.05) is 4.90 Å². The van der Waals surface area contributed by atoms with Crippen molar-refractivity contribution in [2.75, 3.05) is 12.3 Å². The Hall–Kier alpha value is -1.65. The summed E-state index contributed by atoms with van der Waals surface area (Å²) in [5, 5.41) is 7.53. The molecule has 5 heteroatoms. The molecule has 1 aliphatic heterocycles. The molecular weight excluding hydrogens is 204 g/mol. The van der Waals surface area contributed by atoms with Crippen molar-refractivity contribution in [3.05, 3.63) is 17.8 Å². The predicted octanol–water partition coefficient (Wildman–Crippen LogP) is 1.07. The molecule has 0 bridgehead atoms. The van der Waals surface area contributed by atoms with Crippen LogP contribution < -0.4 is 5.73 Å². The largest absolute Gasteiger partial charge is 0.382 e. The Morgan fingerprint density at radius 2 is 2.38 bits per heavy atom. The van der Waals surface area contributed by atoms with Crippen molar-refractivity contribution in [1.82, 2.24) is 15.1 Å². The van der Waals surface area contributed by atoms with Crippen molar-refractivity contribution in [3.8, 4) is 0 Å². The molecule has 1 atom stereocenters. The number of carbonyl (C=O) groups is 1. The second kappa shape index (κ2) is 4.47. The highest BCUT2D eigenvalue weighted by atomic mass is 16.2. The maximum absolute atomic E-state index is 12.1. The molecule has 0 aromatic carbocycles. The van der Waals surface area contributed by atoms with Gasteiger partial charge in [0.05, 0.1) is 0 Å². The lowest BCUT2D eigenvalue weighted by Gasteiger charge is -2.22. The molecule has 0 spiro atoms. The molecule has 1 unspecified atom stereocenters. The van der Waals surface area contributed by atoms with Gasteiger partial charge in [0.2, 0.25) is 0 Å². The molecule has 2 rings (SSSR count). The van der Waals surface area contributed by atoms with Crippen molar-refractivity contribution in [2.24, 2.45) is 0 Å². The average molecular weight is 220 g/mol. The number of nitrogens with zero attached hydrogens (tertiary/aromatic N) is 3. The lowest BCUT2D eigenvalue weighted by molar-refractivity contribution is 0.0726. The van der Waals surface area contributed by atoms with Crippen LogP contribution in [0.3, 0.4) is 0 Å². The van der Waals surface area contributed by atoms with Crippen LogP contribution in [0.5, 0.6) is 0 Å². The van der Waals surface area contributed by atoms with Crippen LogP contribution in [0.1, 0.15) is 36.7 Å². The summed E-state index contributed by atoms with van der Waals surface area (Å²) in [5.74, 6) is 0.307. The second-order valence-electron chi connectivity index (χ2n) is 4.05. The van der Waals surface area contributed by atoms with Gasteiger partial charge in [-0.2, -0.15) is 0 Å². The molecule has 16 heavy (non-hydrogen) atoms. The molecular formula is C11H16N4O. The van der Waals surface area contributed by atoms with E-state index < -0.39 is 0 Å². The number of aromatic nitrogens is 2. The Morgan fingerprint density at radius 3 is 3.00 bits per heavy atom. The molecule has 1 fully saturated rings. The normalized spacial score (nSPS) is 20.1. The quantitative estimate of drug-likeness (QED) is 0.809. The minimum absolute atomic E-state index is 0.0307. The van der Waals surface area contributed by atoms with Gasteiger partial charge >= 0.3 is 0 Å². The fraction of sp³-hybridized carbons (Fsp3) is 0.545. The van der Waals surface area contributed by atoms with E-state index in [-0.39, 0.29) is 5.91 Å². The predicted molar refractivity (Wildman–Crippen MR) is 60.8 cm³/mol. The van der Waals surface area contributed by atoms with Crippen molar-refractivity contribution < 1.29 is 4.79 Å². The summed E-state index contributed by atoms with van der Waals surface area (Å²) in [6.45, 7) is 2.92. The highest BCUT2D eigenvalue weighted by Gasteiger charge is 2.28. The summed E-state index contributed by atoms with van der Waals surface area (Å²) in [4.78, 5) is 14.0. The van der Waals surface area contributed by atoms with Gasteiger partial charge in [0.15, 0.2) is 5.69 Å². The van der Waals surface area contributed by atoms with Gasteiger partial charge in [-0.3, -0.25) is 4.79 Å². The van der Waals surface area contributed by atoms with Crippen LogP contribution in [0.25, 0.3) is 0 Å². The molecule has 0 aliphatic carbocycles. The van der Waals surface area contributed by atoms with E-state index in [2.05, 4.69) is 17.1 Å². The lowest BCUT2D eigenvalue weighted by atomic mass is 10.1. The van der Waals surface area contributed by atoms with E-state index in [1.54, 1.807) is 12.1 Å². The zero-order chi connectivity index (χ0) is 11.5. The molecule has 0 radical (unpaired) electrons. The lowest BCUT2D eigenvalue weighted by Crippen LogP contribution is -2.35. The Bertz CT molecular complexity index is 376. The molecule has 1 aliphatic rings. The number of hydrogen-bond acceptors (Lipinski definition) is 4. The van der Waals surface area contributed by atoms with Gasteiger partial charge in [-0.15, -0.1) is 10.2 Å². The van der Waals surface area contributed by atoms with E-state index >= 15 is 0 Å². The first-order valence-corrected chi connectivity index (χ1v) is 5.62. The number of anilines is 1. The molecule has 1 aromatic heterocycles. The second-order valence-corrected chi connectivity index (χ2v) is 4.05.